The number of unbranched alkanes of at least 4 members (excludes halogenated alkanes) is 3. The second-order valence-corrected chi connectivity index (χ2v) is 7.42. The van der Waals surface area contributed by atoms with Crippen molar-refractivity contribution in [2.75, 3.05) is 11.9 Å². The van der Waals surface area contributed by atoms with E-state index in [-0.39, 0.29) is 30.2 Å². The monoisotopic (exact) mass is 389 g/mol. The zero-order chi connectivity index (χ0) is 20.9. The van der Waals surface area contributed by atoms with Crippen LogP contribution in [0.3, 0.4) is 0 Å². The second-order valence-electron chi connectivity index (χ2n) is 7.42. The summed E-state index contributed by atoms with van der Waals surface area (Å²) in [7, 11) is 0. The van der Waals surface area contributed by atoms with Gasteiger partial charge < -0.3 is 16.0 Å². The summed E-state index contributed by atoms with van der Waals surface area (Å²) < 4.78 is 0. The molecule has 0 heterocycles. The zero-order valence-corrected chi connectivity index (χ0v) is 17.6. The van der Waals surface area contributed by atoms with Gasteiger partial charge in [-0.3, -0.25) is 14.4 Å². The summed E-state index contributed by atoms with van der Waals surface area (Å²) in [5, 5.41) is 8.18. The first-order valence-electron chi connectivity index (χ1n) is 10.3. The molecule has 0 fully saturated rings. The van der Waals surface area contributed by atoms with E-state index in [1.54, 1.807) is 0 Å². The lowest BCUT2D eigenvalue weighted by molar-refractivity contribution is -0.130. The average Bonchev–Trinajstić information content (AvgIpc) is 2.68. The number of benzene rings is 1. The highest BCUT2D eigenvalue weighted by atomic mass is 16.2. The molecule has 0 aliphatic heterocycles. The summed E-state index contributed by atoms with van der Waals surface area (Å²) in [5.41, 5.74) is 1.88. The Kier molecular flexibility index (Phi) is 10.9. The number of carbonyl (C=O) groups is 3. The maximum Gasteiger partial charge on any atom is 0.243 e. The van der Waals surface area contributed by atoms with E-state index in [9.17, 15) is 14.4 Å². The third-order valence-electron chi connectivity index (χ3n) is 4.59. The van der Waals surface area contributed by atoms with Gasteiger partial charge in [0.15, 0.2) is 0 Å². The highest BCUT2D eigenvalue weighted by Crippen LogP contribution is 2.10. The fourth-order valence-corrected chi connectivity index (χ4v) is 2.80. The Hall–Kier alpha value is -2.37. The summed E-state index contributed by atoms with van der Waals surface area (Å²) >= 11 is 0. The van der Waals surface area contributed by atoms with Gasteiger partial charge in [-0.2, -0.15) is 0 Å². The smallest absolute Gasteiger partial charge is 0.243 e. The molecule has 0 saturated heterocycles. The summed E-state index contributed by atoms with van der Waals surface area (Å²) in [6, 6.07) is 6.95. The standard InChI is InChI=1S/C22H35N3O3/c1-5-7-8-9-10-19(26)25-21(16(3)4)22(28)23-15-20(27)24-18-13-11-17(6-2)12-14-18/h11-14,16,21H,5-10,15H2,1-4H3,(H,23,28)(H,24,27)(H,25,26). The molecule has 1 atom stereocenters. The Morgan fingerprint density at radius 3 is 2.18 bits per heavy atom. The van der Waals surface area contributed by atoms with Crippen molar-refractivity contribution in [3.8, 4) is 0 Å². The van der Waals surface area contributed by atoms with E-state index in [4.69, 9.17) is 0 Å². The summed E-state index contributed by atoms with van der Waals surface area (Å²) in [6.07, 6.45) is 5.42. The van der Waals surface area contributed by atoms with Crippen LogP contribution in [-0.2, 0) is 20.8 Å². The molecule has 6 heteroatoms. The van der Waals surface area contributed by atoms with Crippen LogP contribution in [0.25, 0.3) is 0 Å². The van der Waals surface area contributed by atoms with Crippen molar-refractivity contribution in [2.45, 2.75) is 72.3 Å². The van der Waals surface area contributed by atoms with Crippen LogP contribution in [0.15, 0.2) is 24.3 Å². The molecule has 1 aromatic carbocycles. The van der Waals surface area contributed by atoms with Crippen LogP contribution in [0.4, 0.5) is 5.69 Å². The average molecular weight is 390 g/mol. The van der Waals surface area contributed by atoms with E-state index in [0.717, 1.165) is 32.1 Å². The van der Waals surface area contributed by atoms with E-state index in [0.29, 0.717) is 12.1 Å². The zero-order valence-electron chi connectivity index (χ0n) is 17.6. The molecule has 0 aromatic heterocycles. The molecule has 3 N–H and O–H groups in total. The second kappa shape index (κ2) is 12.9. The van der Waals surface area contributed by atoms with Crippen LogP contribution in [0.2, 0.25) is 0 Å². The van der Waals surface area contributed by atoms with Crippen LogP contribution in [0.5, 0.6) is 0 Å². The van der Waals surface area contributed by atoms with Gasteiger partial charge in [0.05, 0.1) is 6.54 Å². The predicted molar refractivity (Wildman–Crippen MR) is 113 cm³/mol. The van der Waals surface area contributed by atoms with Crippen molar-refractivity contribution in [3.05, 3.63) is 29.8 Å². The molecule has 3 amide bonds. The minimum Gasteiger partial charge on any atom is -0.345 e. The fraction of sp³-hybridized carbons (Fsp3) is 0.591. The molecular weight excluding hydrogens is 354 g/mol. The minimum absolute atomic E-state index is 0.0655. The molecule has 0 aliphatic carbocycles. The van der Waals surface area contributed by atoms with Gasteiger partial charge in [0.1, 0.15) is 6.04 Å². The summed E-state index contributed by atoms with van der Waals surface area (Å²) in [6.45, 7) is 7.80. The fourth-order valence-electron chi connectivity index (χ4n) is 2.80. The van der Waals surface area contributed by atoms with Crippen molar-refractivity contribution in [1.82, 2.24) is 10.6 Å². The third kappa shape index (κ3) is 9.02. The lowest BCUT2D eigenvalue weighted by atomic mass is 10.0. The van der Waals surface area contributed by atoms with Gasteiger partial charge in [0.25, 0.3) is 0 Å². The van der Waals surface area contributed by atoms with E-state index < -0.39 is 6.04 Å². The lowest BCUT2D eigenvalue weighted by Crippen LogP contribution is -2.51. The Bertz CT molecular complexity index is 626. The maximum absolute atomic E-state index is 12.4. The molecule has 28 heavy (non-hydrogen) atoms. The number of aryl methyl sites for hydroxylation is 1. The van der Waals surface area contributed by atoms with Gasteiger partial charge in [-0.15, -0.1) is 0 Å². The molecule has 0 bridgehead atoms. The van der Waals surface area contributed by atoms with Gasteiger partial charge in [-0.05, 0) is 36.5 Å². The topological polar surface area (TPSA) is 87.3 Å². The number of nitrogens with one attached hydrogen (secondary N) is 3. The SMILES string of the molecule is CCCCCCC(=O)NC(C(=O)NCC(=O)Nc1ccc(CC)cc1)C(C)C. The molecule has 1 rings (SSSR count). The first kappa shape index (κ1) is 23.7. The Morgan fingerprint density at radius 1 is 0.929 bits per heavy atom. The predicted octanol–water partition coefficient (Wildman–Crippen LogP) is 3.41. The van der Waals surface area contributed by atoms with Crippen LogP contribution >= 0.6 is 0 Å². The first-order valence-corrected chi connectivity index (χ1v) is 10.3. The van der Waals surface area contributed by atoms with Gasteiger partial charge in [0, 0.05) is 12.1 Å². The summed E-state index contributed by atoms with van der Waals surface area (Å²) in [5.74, 6) is -0.825. The molecule has 0 radical (unpaired) electrons. The number of hydrogen-bond donors (Lipinski definition) is 3. The number of anilines is 1. The molecule has 0 spiro atoms. The summed E-state index contributed by atoms with van der Waals surface area (Å²) in [4.78, 5) is 36.6. The van der Waals surface area contributed by atoms with E-state index in [2.05, 4.69) is 29.8 Å². The van der Waals surface area contributed by atoms with Gasteiger partial charge in [0.2, 0.25) is 17.7 Å². The highest BCUT2D eigenvalue weighted by molar-refractivity contribution is 5.96. The van der Waals surface area contributed by atoms with Crippen molar-refractivity contribution >= 4 is 23.4 Å². The third-order valence-corrected chi connectivity index (χ3v) is 4.59. The molecule has 1 aromatic rings. The normalized spacial score (nSPS) is 11.8. The molecule has 156 valence electrons. The van der Waals surface area contributed by atoms with Gasteiger partial charge in [-0.1, -0.05) is 59.1 Å². The van der Waals surface area contributed by atoms with E-state index in [1.165, 1.54) is 5.56 Å². The Balaban J connectivity index is 2.45. The van der Waals surface area contributed by atoms with Gasteiger partial charge >= 0.3 is 0 Å². The number of rotatable bonds is 12. The highest BCUT2D eigenvalue weighted by Gasteiger charge is 2.24. The van der Waals surface area contributed by atoms with Crippen molar-refractivity contribution < 1.29 is 14.4 Å². The van der Waals surface area contributed by atoms with Crippen molar-refractivity contribution in [3.63, 3.8) is 0 Å². The molecular formula is C22H35N3O3. The quantitative estimate of drug-likeness (QED) is 0.479. The van der Waals surface area contributed by atoms with E-state index in [1.807, 2.05) is 38.1 Å². The van der Waals surface area contributed by atoms with Crippen LogP contribution in [0, 0.1) is 5.92 Å². The Morgan fingerprint density at radius 2 is 1.61 bits per heavy atom. The van der Waals surface area contributed by atoms with E-state index >= 15 is 0 Å². The minimum atomic E-state index is -0.643. The lowest BCUT2D eigenvalue weighted by Gasteiger charge is -2.21. The number of carbonyl (C=O) groups excluding carboxylic acids is 3. The molecule has 0 saturated carbocycles. The van der Waals surface area contributed by atoms with Crippen LogP contribution in [-0.4, -0.2) is 30.3 Å². The van der Waals surface area contributed by atoms with Crippen LogP contribution in [0.1, 0.15) is 65.4 Å². The maximum atomic E-state index is 12.4. The van der Waals surface area contributed by atoms with Crippen molar-refractivity contribution in [2.24, 2.45) is 5.92 Å². The largest absolute Gasteiger partial charge is 0.345 e. The molecule has 1 unspecified atom stereocenters. The number of amides is 3. The van der Waals surface area contributed by atoms with Crippen molar-refractivity contribution in [1.29, 1.82) is 0 Å². The number of hydrogen-bond acceptors (Lipinski definition) is 3. The van der Waals surface area contributed by atoms with Crippen LogP contribution < -0.4 is 16.0 Å². The molecule has 0 aliphatic rings. The first-order chi connectivity index (χ1) is 13.4. The Labute approximate surface area is 168 Å². The van der Waals surface area contributed by atoms with Gasteiger partial charge in [-0.25, -0.2) is 0 Å². The molecule has 6 nitrogen and oxygen atoms in total.